The molecule has 1 heterocycles. The van der Waals surface area contributed by atoms with Gasteiger partial charge in [-0.1, -0.05) is 0 Å². The highest BCUT2D eigenvalue weighted by atomic mass is 16.5. The van der Waals surface area contributed by atoms with Crippen molar-refractivity contribution in [2.45, 2.75) is 0 Å². The Labute approximate surface area is 75.9 Å². The molecule has 0 aliphatic heterocycles. The Morgan fingerprint density at radius 1 is 1.15 bits per heavy atom. The minimum Gasteiger partial charge on any atom is -0.496 e. The molecule has 0 unspecified atom stereocenters. The van der Waals surface area contributed by atoms with E-state index in [1.54, 1.807) is 20.5 Å². The van der Waals surface area contributed by atoms with E-state index in [1.807, 2.05) is 18.2 Å². The first-order chi connectivity index (χ1) is 6.35. The summed E-state index contributed by atoms with van der Waals surface area (Å²) < 4.78 is 15.5. The van der Waals surface area contributed by atoms with Crippen LogP contribution in [0.4, 0.5) is 0 Å². The van der Waals surface area contributed by atoms with Gasteiger partial charge < -0.3 is 13.9 Å². The lowest BCUT2D eigenvalue weighted by Crippen LogP contribution is -1.86. The fourth-order valence-corrected chi connectivity index (χ4v) is 1.30. The highest BCUT2D eigenvalue weighted by Gasteiger charge is 2.06. The molecule has 0 fully saturated rings. The molecule has 0 spiro atoms. The van der Waals surface area contributed by atoms with Gasteiger partial charge in [0.2, 0.25) is 0 Å². The van der Waals surface area contributed by atoms with Crippen molar-refractivity contribution < 1.29 is 13.9 Å². The molecule has 0 atom stereocenters. The number of rotatable bonds is 2. The quantitative estimate of drug-likeness (QED) is 0.707. The zero-order chi connectivity index (χ0) is 9.26. The normalized spacial score (nSPS) is 10.3. The summed E-state index contributed by atoms with van der Waals surface area (Å²) in [5.41, 5.74) is 0.774. The van der Waals surface area contributed by atoms with Gasteiger partial charge in [0, 0.05) is 12.1 Å². The molecule has 0 radical (unpaired) electrons. The Morgan fingerprint density at radius 3 is 2.69 bits per heavy atom. The van der Waals surface area contributed by atoms with Crippen LogP contribution < -0.4 is 9.47 Å². The fraction of sp³-hybridized carbons (Fsp3) is 0.200. The summed E-state index contributed by atoms with van der Waals surface area (Å²) >= 11 is 0. The standard InChI is InChI=1S/C10H10O3/c1-11-7-5-9(12-2)8-3-4-13-10(8)6-7/h3-6H,1-2H3. The molecule has 3 heteroatoms. The number of methoxy groups -OCH3 is 2. The molecule has 0 saturated heterocycles. The second kappa shape index (κ2) is 3.01. The number of furan rings is 1. The third kappa shape index (κ3) is 1.22. The number of hydrogen-bond acceptors (Lipinski definition) is 3. The van der Waals surface area contributed by atoms with Gasteiger partial charge in [-0.25, -0.2) is 0 Å². The van der Waals surface area contributed by atoms with Gasteiger partial charge in [-0.05, 0) is 6.07 Å². The van der Waals surface area contributed by atoms with Gasteiger partial charge in [0.1, 0.15) is 17.1 Å². The molecular weight excluding hydrogens is 168 g/mol. The average Bonchev–Trinajstić information content (AvgIpc) is 2.63. The maximum Gasteiger partial charge on any atom is 0.141 e. The Bertz CT molecular complexity index is 417. The molecule has 2 aromatic rings. The van der Waals surface area contributed by atoms with Crippen LogP contribution in [-0.2, 0) is 0 Å². The van der Waals surface area contributed by atoms with Gasteiger partial charge in [-0.2, -0.15) is 0 Å². The van der Waals surface area contributed by atoms with E-state index >= 15 is 0 Å². The molecular formula is C10H10O3. The fourth-order valence-electron chi connectivity index (χ4n) is 1.30. The van der Waals surface area contributed by atoms with E-state index in [0.717, 1.165) is 22.5 Å². The maximum atomic E-state index is 5.24. The Kier molecular flexibility index (Phi) is 1.85. The van der Waals surface area contributed by atoms with Crippen LogP contribution >= 0.6 is 0 Å². The van der Waals surface area contributed by atoms with Gasteiger partial charge in [-0.3, -0.25) is 0 Å². The summed E-state index contributed by atoms with van der Waals surface area (Å²) in [6, 6.07) is 5.53. The summed E-state index contributed by atoms with van der Waals surface area (Å²) in [5, 5.41) is 0.961. The number of hydrogen-bond donors (Lipinski definition) is 0. The Balaban J connectivity index is 2.70. The number of benzene rings is 1. The minimum absolute atomic E-state index is 0.735. The van der Waals surface area contributed by atoms with Crippen molar-refractivity contribution in [2.24, 2.45) is 0 Å². The molecule has 0 saturated carbocycles. The summed E-state index contributed by atoms with van der Waals surface area (Å²) in [7, 11) is 3.24. The molecule has 0 bridgehead atoms. The van der Waals surface area contributed by atoms with Gasteiger partial charge in [0.25, 0.3) is 0 Å². The maximum absolute atomic E-state index is 5.24. The first-order valence-corrected chi connectivity index (χ1v) is 3.94. The second-order valence-corrected chi connectivity index (χ2v) is 2.66. The molecule has 0 amide bonds. The molecule has 1 aromatic carbocycles. The van der Waals surface area contributed by atoms with Crippen molar-refractivity contribution >= 4 is 11.0 Å². The van der Waals surface area contributed by atoms with Crippen LogP contribution in [0, 0.1) is 0 Å². The van der Waals surface area contributed by atoms with Gasteiger partial charge in [0.15, 0.2) is 0 Å². The number of fused-ring (bicyclic) bond motifs is 1. The number of ether oxygens (including phenoxy) is 2. The monoisotopic (exact) mass is 178 g/mol. The average molecular weight is 178 g/mol. The summed E-state index contributed by atoms with van der Waals surface area (Å²) in [6.07, 6.45) is 1.63. The summed E-state index contributed by atoms with van der Waals surface area (Å²) in [5.74, 6) is 1.50. The topological polar surface area (TPSA) is 31.6 Å². The lowest BCUT2D eigenvalue weighted by Gasteiger charge is -2.04. The molecule has 2 rings (SSSR count). The van der Waals surface area contributed by atoms with Crippen molar-refractivity contribution in [3.8, 4) is 11.5 Å². The van der Waals surface area contributed by atoms with E-state index in [4.69, 9.17) is 13.9 Å². The van der Waals surface area contributed by atoms with Crippen LogP contribution in [0.25, 0.3) is 11.0 Å². The van der Waals surface area contributed by atoms with Crippen molar-refractivity contribution in [2.75, 3.05) is 14.2 Å². The molecule has 0 N–H and O–H groups in total. The third-order valence-corrected chi connectivity index (χ3v) is 1.96. The summed E-state index contributed by atoms with van der Waals surface area (Å²) in [6.45, 7) is 0. The molecule has 0 aliphatic rings. The Morgan fingerprint density at radius 2 is 2.00 bits per heavy atom. The van der Waals surface area contributed by atoms with E-state index < -0.39 is 0 Å². The van der Waals surface area contributed by atoms with E-state index in [-0.39, 0.29) is 0 Å². The van der Waals surface area contributed by atoms with Gasteiger partial charge in [0.05, 0.1) is 25.9 Å². The lowest BCUT2D eigenvalue weighted by molar-refractivity contribution is 0.397. The predicted molar refractivity (Wildman–Crippen MR) is 49.3 cm³/mol. The SMILES string of the molecule is COc1cc(OC)c2ccoc2c1. The highest BCUT2D eigenvalue weighted by molar-refractivity contribution is 5.85. The van der Waals surface area contributed by atoms with E-state index in [1.165, 1.54) is 0 Å². The first-order valence-electron chi connectivity index (χ1n) is 3.94. The molecule has 68 valence electrons. The first kappa shape index (κ1) is 7.98. The summed E-state index contributed by atoms with van der Waals surface area (Å²) in [4.78, 5) is 0. The van der Waals surface area contributed by atoms with Crippen molar-refractivity contribution in [1.82, 2.24) is 0 Å². The van der Waals surface area contributed by atoms with Crippen LogP contribution in [0.2, 0.25) is 0 Å². The zero-order valence-electron chi connectivity index (χ0n) is 7.53. The predicted octanol–water partition coefficient (Wildman–Crippen LogP) is 2.45. The molecule has 0 aliphatic carbocycles. The van der Waals surface area contributed by atoms with Crippen LogP contribution in [-0.4, -0.2) is 14.2 Å². The van der Waals surface area contributed by atoms with E-state index in [0.29, 0.717) is 0 Å². The smallest absolute Gasteiger partial charge is 0.141 e. The van der Waals surface area contributed by atoms with Crippen LogP contribution in [0.5, 0.6) is 11.5 Å². The largest absolute Gasteiger partial charge is 0.496 e. The van der Waals surface area contributed by atoms with Crippen molar-refractivity contribution in [1.29, 1.82) is 0 Å². The Hall–Kier alpha value is -1.64. The van der Waals surface area contributed by atoms with E-state index in [2.05, 4.69) is 0 Å². The second-order valence-electron chi connectivity index (χ2n) is 2.66. The van der Waals surface area contributed by atoms with Crippen molar-refractivity contribution in [3.63, 3.8) is 0 Å². The van der Waals surface area contributed by atoms with Crippen molar-refractivity contribution in [3.05, 3.63) is 24.5 Å². The third-order valence-electron chi connectivity index (χ3n) is 1.96. The lowest BCUT2D eigenvalue weighted by atomic mass is 10.2. The van der Waals surface area contributed by atoms with Crippen LogP contribution in [0.15, 0.2) is 28.9 Å². The van der Waals surface area contributed by atoms with Gasteiger partial charge >= 0.3 is 0 Å². The van der Waals surface area contributed by atoms with Crippen LogP contribution in [0.3, 0.4) is 0 Å². The molecule has 1 aromatic heterocycles. The zero-order valence-corrected chi connectivity index (χ0v) is 7.53. The van der Waals surface area contributed by atoms with E-state index in [9.17, 15) is 0 Å². The van der Waals surface area contributed by atoms with Crippen LogP contribution in [0.1, 0.15) is 0 Å². The molecule has 3 nitrogen and oxygen atoms in total. The minimum atomic E-state index is 0.735. The molecule has 13 heavy (non-hydrogen) atoms. The highest BCUT2D eigenvalue weighted by Crippen LogP contribution is 2.31. The van der Waals surface area contributed by atoms with Gasteiger partial charge in [-0.15, -0.1) is 0 Å².